The van der Waals surface area contributed by atoms with Crippen LogP contribution in [0.25, 0.3) is 5.69 Å². The Bertz CT molecular complexity index is 1380. The van der Waals surface area contributed by atoms with E-state index in [0.717, 1.165) is 23.2 Å². The lowest BCUT2D eigenvalue weighted by Crippen LogP contribution is -2.44. The van der Waals surface area contributed by atoms with Crippen molar-refractivity contribution in [3.05, 3.63) is 65.5 Å². The molecule has 0 unspecified atom stereocenters. The quantitative estimate of drug-likeness (QED) is 0.489. The second-order valence-electron chi connectivity index (χ2n) is 9.87. The van der Waals surface area contributed by atoms with Crippen LogP contribution in [0.3, 0.4) is 0 Å². The van der Waals surface area contributed by atoms with E-state index in [0.29, 0.717) is 42.9 Å². The highest BCUT2D eigenvalue weighted by Gasteiger charge is 2.58. The molecule has 3 aliphatic rings. The summed E-state index contributed by atoms with van der Waals surface area (Å²) in [6, 6.07) is 13.5. The molecule has 10 heteroatoms. The number of benzene rings is 2. The molecule has 2 aromatic carbocycles. The number of alkyl halides is 3. The number of fused-ring (bicyclic) bond motifs is 2. The number of hydrogen-bond donors (Lipinski definition) is 0. The normalized spacial score (nSPS) is 18.8. The summed E-state index contributed by atoms with van der Waals surface area (Å²) in [5.74, 6) is 0.0746. The van der Waals surface area contributed by atoms with Crippen LogP contribution in [0.15, 0.2) is 48.5 Å². The van der Waals surface area contributed by atoms with Crippen LogP contribution in [0.2, 0.25) is 0 Å². The van der Waals surface area contributed by atoms with Crippen LogP contribution in [-0.4, -0.2) is 41.8 Å². The molecule has 0 N–H and O–H groups in total. The molecule has 1 saturated heterocycles. The molecule has 3 heterocycles. The summed E-state index contributed by atoms with van der Waals surface area (Å²) in [6.07, 6.45) is -1.29. The van der Waals surface area contributed by atoms with Gasteiger partial charge in [-0.1, -0.05) is 0 Å². The molecule has 3 aromatic rings. The first kappa shape index (κ1) is 23.6. The molecule has 0 atom stereocenters. The van der Waals surface area contributed by atoms with Gasteiger partial charge in [0, 0.05) is 41.9 Å². The van der Waals surface area contributed by atoms with Gasteiger partial charge in [-0.3, -0.25) is 9.59 Å². The van der Waals surface area contributed by atoms with Crippen molar-refractivity contribution in [1.29, 1.82) is 0 Å². The van der Waals surface area contributed by atoms with Gasteiger partial charge in [0.15, 0.2) is 5.69 Å². The van der Waals surface area contributed by atoms with Gasteiger partial charge in [0.1, 0.15) is 11.4 Å². The van der Waals surface area contributed by atoms with Gasteiger partial charge in [-0.2, -0.15) is 18.3 Å². The van der Waals surface area contributed by atoms with Gasteiger partial charge < -0.3 is 14.5 Å². The molecule has 1 aliphatic carbocycles. The summed E-state index contributed by atoms with van der Waals surface area (Å²) >= 11 is 0. The largest absolute Gasteiger partial charge is 0.497 e. The maximum Gasteiger partial charge on any atom is 0.435 e. The van der Waals surface area contributed by atoms with Crippen LogP contribution < -0.4 is 14.5 Å². The number of aromatic nitrogens is 2. The third-order valence-corrected chi connectivity index (χ3v) is 7.56. The molecule has 2 aliphatic heterocycles. The van der Waals surface area contributed by atoms with Crippen molar-refractivity contribution in [2.75, 3.05) is 30.0 Å². The number of amides is 2. The summed E-state index contributed by atoms with van der Waals surface area (Å²) in [5, 5.41) is 3.95. The predicted octanol–water partition coefficient (Wildman–Crippen LogP) is 5.11. The molecule has 2 amide bonds. The number of halogens is 3. The van der Waals surface area contributed by atoms with Crippen LogP contribution in [0.5, 0.6) is 5.75 Å². The first-order valence-electron chi connectivity index (χ1n) is 12.3. The van der Waals surface area contributed by atoms with Crippen molar-refractivity contribution in [2.45, 2.75) is 43.7 Å². The van der Waals surface area contributed by atoms with Crippen molar-refractivity contribution in [1.82, 2.24) is 9.78 Å². The lowest BCUT2D eigenvalue weighted by atomic mass is 9.88. The number of rotatable bonds is 4. The molecule has 1 aromatic heterocycles. The second-order valence-corrected chi connectivity index (χ2v) is 9.87. The smallest absolute Gasteiger partial charge is 0.435 e. The number of methoxy groups -OCH3 is 1. The minimum absolute atomic E-state index is 0.00685. The molecule has 0 bridgehead atoms. The highest BCUT2D eigenvalue weighted by molar-refractivity contribution is 6.09. The molecule has 2 fully saturated rings. The average molecular weight is 511 g/mol. The van der Waals surface area contributed by atoms with Gasteiger partial charge in [-0.05, 0) is 74.2 Å². The van der Waals surface area contributed by atoms with Gasteiger partial charge in [-0.25, -0.2) is 4.68 Å². The van der Waals surface area contributed by atoms with Crippen molar-refractivity contribution >= 4 is 23.2 Å². The van der Waals surface area contributed by atoms with E-state index in [4.69, 9.17) is 4.74 Å². The zero-order chi connectivity index (χ0) is 25.9. The Balaban J connectivity index is 1.43. The highest BCUT2D eigenvalue weighted by atomic mass is 19.4. The zero-order valence-corrected chi connectivity index (χ0v) is 20.2. The lowest BCUT2D eigenvalue weighted by molar-refractivity contribution is -0.142. The Morgan fingerprint density at radius 1 is 0.892 bits per heavy atom. The monoisotopic (exact) mass is 510 g/mol. The molecule has 1 saturated carbocycles. The van der Waals surface area contributed by atoms with E-state index in [9.17, 15) is 22.8 Å². The SMILES string of the molecule is COc1ccc(-n2nc(C(F)(F)F)c3c2C(=O)N(c2ccc(N4CCCCC4=O)cc2)CC32CC2)cc1. The number of anilines is 2. The number of carbonyl (C=O) groups excluding carboxylic acids is 2. The Morgan fingerprint density at radius 2 is 1.51 bits per heavy atom. The van der Waals surface area contributed by atoms with E-state index in [1.165, 1.54) is 7.11 Å². The first-order chi connectivity index (χ1) is 17.7. The summed E-state index contributed by atoms with van der Waals surface area (Å²) in [5.41, 5.74) is -0.182. The summed E-state index contributed by atoms with van der Waals surface area (Å²) < 4.78 is 48.7. The fraction of sp³-hybridized carbons (Fsp3) is 0.370. The van der Waals surface area contributed by atoms with Gasteiger partial charge in [-0.15, -0.1) is 0 Å². The zero-order valence-electron chi connectivity index (χ0n) is 20.2. The summed E-state index contributed by atoms with van der Waals surface area (Å²) in [6.45, 7) is 0.798. The highest BCUT2D eigenvalue weighted by Crippen LogP contribution is 2.56. The topological polar surface area (TPSA) is 67.7 Å². The Hall–Kier alpha value is -3.82. The Labute approximate surface area is 211 Å². The molecule has 6 rings (SSSR count). The number of hydrogen-bond acceptors (Lipinski definition) is 4. The lowest BCUT2D eigenvalue weighted by Gasteiger charge is -2.34. The van der Waals surface area contributed by atoms with Crippen molar-refractivity contribution in [3.63, 3.8) is 0 Å². The van der Waals surface area contributed by atoms with Gasteiger partial charge in [0.2, 0.25) is 5.91 Å². The second kappa shape index (κ2) is 8.36. The minimum Gasteiger partial charge on any atom is -0.497 e. The van der Waals surface area contributed by atoms with Crippen LogP contribution in [0, 0.1) is 0 Å². The molecule has 7 nitrogen and oxygen atoms in total. The van der Waals surface area contributed by atoms with Gasteiger partial charge in [0.05, 0.1) is 12.8 Å². The third-order valence-electron chi connectivity index (χ3n) is 7.56. The first-order valence-corrected chi connectivity index (χ1v) is 12.3. The van der Waals surface area contributed by atoms with Gasteiger partial charge >= 0.3 is 6.18 Å². The van der Waals surface area contributed by atoms with Crippen molar-refractivity contribution < 1.29 is 27.5 Å². The molecule has 37 heavy (non-hydrogen) atoms. The van der Waals surface area contributed by atoms with E-state index >= 15 is 0 Å². The predicted molar refractivity (Wildman–Crippen MR) is 130 cm³/mol. The van der Waals surface area contributed by atoms with Gasteiger partial charge in [0.25, 0.3) is 5.91 Å². The van der Waals surface area contributed by atoms with Crippen molar-refractivity contribution in [3.8, 4) is 11.4 Å². The van der Waals surface area contributed by atoms with Crippen LogP contribution >= 0.6 is 0 Å². The third kappa shape index (κ3) is 3.86. The molecular formula is C27H25F3N4O3. The molecular weight excluding hydrogens is 485 g/mol. The Kier molecular flexibility index (Phi) is 5.32. The number of piperidine rings is 1. The van der Waals surface area contributed by atoms with E-state index in [2.05, 4.69) is 5.10 Å². The van der Waals surface area contributed by atoms with E-state index < -0.39 is 23.2 Å². The molecule has 192 valence electrons. The number of carbonyl (C=O) groups is 2. The molecule has 1 spiro atoms. The van der Waals surface area contributed by atoms with Crippen LogP contribution in [0.4, 0.5) is 24.5 Å². The standard InChI is InChI=1S/C27H25F3N4O3/c1-37-20-11-9-19(10-12-20)34-23-22(24(31-34)27(28,29)30)26(13-14-26)16-33(25(23)36)18-7-5-17(6-8-18)32-15-3-2-4-21(32)35/h5-12H,2-4,13-16H2,1H3. The number of nitrogens with zero attached hydrogens (tertiary/aromatic N) is 4. The van der Waals surface area contributed by atoms with Crippen LogP contribution in [0.1, 0.15) is 53.8 Å². The maximum absolute atomic E-state index is 14.1. The van der Waals surface area contributed by atoms with E-state index in [1.807, 2.05) is 0 Å². The fourth-order valence-corrected chi connectivity index (χ4v) is 5.47. The fourth-order valence-electron chi connectivity index (χ4n) is 5.47. The summed E-state index contributed by atoms with van der Waals surface area (Å²) in [7, 11) is 1.50. The van der Waals surface area contributed by atoms with E-state index in [1.54, 1.807) is 58.3 Å². The van der Waals surface area contributed by atoms with Crippen molar-refractivity contribution in [2.24, 2.45) is 0 Å². The minimum atomic E-state index is -4.69. The Morgan fingerprint density at radius 3 is 2.08 bits per heavy atom. The maximum atomic E-state index is 14.1. The molecule has 0 radical (unpaired) electrons. The average Bonchev–Trinajstić information content (AvgIpc) is 3.53. The van der Waals surface area contributed by atoms with E-state index in [-0.39, 0.29) is 23.7 Å². The summed E-state index contributed by atoms with van der Waals surface area (Å²) in [4.78, 5) is 29.4. The van der Waals surface area contributed by atoms with Crippen LogP contribution in [-0.2, 0) is 16.4 Å². The number of ether oxygens (including phenoxy) is 1.